The van der Waals surface area contributed by atoms with Crippen LogP contribution in [-0.4, -0.2) is 44.0 Å². The molecule has 1 fully saturated rings. The minimum absolute atomic E-state index is 0.184. The van der Waals surface area contributed by atoms with E-state index in [1.807, 2.05) is 12.3 Å². The lowest BCUT2D eigenvalue weighted by Gasteiger charge is -2.14. The molecule has 0 aliphatic heterocycles. The number of hydrogen-bond acceptors (Lipinski definition) is 5. The summed E-state index contributed by atoms with van der Waals surface area (Å²) in [6, 6.07) is 1.97. The van der Waals surface area contributed by atoms with E-state index >= 15 is 0 Å². The maximum atomic E-state index is 12.3. The maximum Gasteiger partial charge on any atom is 0.179 e. The number of rotatable bonds is 4. The van der Waals surface area contributed by atoms with Crippen molar-refractivity contribution < 1.29 is 8.42 Å². The van der Waals surface area contributed by atoms with Gasteiger partial charge in [0, 0.05) is 12.1 Å². The molecule has 7 nitrogen and oxygen atoms in total. The van der Waals surface area contributed by atoms with Crippen LogP contribution in [0.4, 0.5) is 0 Å². The second-order valence-corrected chi connectivity index (χ2v) is 10.1. The maximum absolute atomic E-state index is 12.3. The fourth-order valence-corrected chi connectivity index (χ4v) is 5.35. The first-order valence-corrected chi connectivity index (χ1v) is 10.5. The molecule has 1 N–H and O–H groups in total. The molecule has 134 valence electrons. The predicted octanol–water partition coefficient (Wildman–Crippen LogP) is 2.56. The van der Waals surface area contributed by atoms with Crippen molar-refractivity contribution >= 4 is 26.6 Å². The number of H-pyrrole nitrogens is 1. The normalized spacial score (nSPS) is 24.7. The van der Waals surface area contributed by atoms with Crippen molar-refractivity contribution in [2.24, 2.45) is 11.8 Å². The molecule has 3 heterocycles. The van der Waals surface area contributed by atoms with E-state index in [1.54, 1.807) is 20.0 Å². The van der Waals surface area contributed by atoms with E-state index in [1.165, 1.54) is 0 Å². The molecule has 3 aromatic heterocycles. The van der Waals surface area contributed by atoms with E-state index in [0.717, 1.165) is 35.5 Å². The van der Waals surface area contributed by atoms with Gasteiger partial charge in [0.2, 0.25) is 0 Å². The first kappa shape index (κ1) is 16.5. The summed E-state index contributed by atoms with van der Waals surface area (Å²) in [6.07, 6.45) is 5.32. The average Bonchev–Trinajstić information content (AvgIpc) is 3.23. The van der Waals surface area contributed by atoms with Crippen LogP contribution in [0, 0.1) is 11.8 Å². The van der Waals surface area contributed by atoms with E-state index in [4.69, 9.17) is 0 Å². The lowest BCUT2D eigenvalue weighted by molar-refractivity contribution is 0.504. The zero-order valence-electron chi connectivity index (χ0n) is 14.7. The number of aromatic nitrogens is 5. The van der Waals surface area contributed by atoms with E-state index < -0.39 is 9.84 Å². The number of fused-ring (bicyclic) bond motifs is 3. The highest BCUT2D eigenvalue weighted by Gasteiger charge is 2.38. The zero-order valence-corrected chi connectivity index (χ0v) is 15.5. The Kier molecular flexibility index (Phi) is 3.82. The molecule has 1 aliphatic rings. The Morgan fingerprint density at radius 3 is 2.88 bits per heavy atom. The molecule has 0 saturated heterocycles. The Hall–Kier alpha value is -1.96. The van der Waals surface area contributed by atoms with Gasteiger partial charge in [-0.2, -0.15) is 0 Å². The molecule has 0 spiro atoms. The molecule has 0 unspecified atom stereocenters. The molecule has 25 heavy (non-hydrogen) atoms. The molecule has 0 aromatic carbocycles. The SMILES string of the molecule is CC(C)S(=O)(=O)C[C@H]1C[C@@H](C)[C@@H](c2nnc3cnc4[nH]ccc4n23)C1. The highest BCUT2D eigenvalue weighted by atomic mass is 32.2. The van der Waals surface area contributed by atoms with Gasteiger partial charge in [0.05, 0.1) is 22.7 Å². The second-order valence-electron chi connectivity index (χ2n) is 7.52. The lowest BCUT2D eigenvalue weighted by atomic mass is 9.97. The van der Waals surface area contributed by atoms with Crippen molar-refractivity contribution in [3.05, 3.63) is 24.3 Å². The van der Waals surface area contributed by atoms with Crippen molar-refractivity contribution in [2.45, 2.75) is 44.8 Å². The van der Waals surface area contributed by atoms with Crippen LogP contribution < -0.4 is 0 Å². The summed E-state index contributed by atoms with van der Waals surface area (Å²) in [5, 5.41) is 8.39. The van der Waals surface area contributed by atoms with Crippen molar-refractivity contribution in [1.29, 1.82) is 0 Å². The Balaban J connectivity index is 1.69. The van der Waals surface area contributed by atoms with Crippen LogP contribution in [-0.2, 0) is 9.84 Å². The summed E-state index contributed by atoms with van der Waals surface area (Å²) in [5.74, 6) is 1.95. The summed E-state index contributed by atoms with van der Waals surface area (Å²) in [5.41, 5.74) is 2.49. The minimum atomic E-state index is -3.02. The highest BCUT2D eigenvalue weighted by Crippen LogP contribution is 2.43. The van der Waals surface area contributed by atoms with Gasteiger partial charge in [-0.1, -0.05) is 6.92 Å². The van der Waals surface area contributed by atoms with Crippen LogP contribution in [0.15, 0.2) is 18.5 Å². The lowest BCUT2D eigenvalue weighted by Crippen LogP contribution is -2.22. The van der Waals surface area contributed by atoms with E-state index in [2.05, 4.69) is 31.5 Å². The van der Waals surface area contributed by atoms with Gasteiger partial charge in [-0.3, -0.25) is 4.40 Å². The number of sulfone groups is 1. The Morgan fingerprint density at radius 1 is 1.32 bits per heavy atom. The van der Waals surface area contributed by atoms with Gasteiger partial charge >= 0.3 is 0 Å². The smallest absolute Gasteiger partial charge is 0.179 e. The molecule has 3 atom stereocenters. The standard InChI is InChI=1S/C17H23N5O2S/c1-10(2)25(23,24)9-12-6-11(3)13(7-12)17-21-20-15-8-19-16-14(22(15)17)4-5-18-16/h4-5,8,10-13,18H,6-7,9H2,1-3H3/t11-,12+,13+/m1/s1. The molecular weight excluding hydrogens is 338 g/mol. The summed E-state index contributed by atoms with van der Waals surface area (Å²) in [6.45, 7) is 5.70. The molecule has 0 radical (unpaired) electrons. The summed E-state index contributed by atoms with van der Waals surface area (Å²) in [4.78, 5) is 7.47. The van der Waals surface area contributed by atoms with Crippen LogP contribution in [0.25, 0.3) is 16.8 Å². The van der Waals surface area contributed by atoms with Gasteiger partial charge in [-0.25, -0.2) is 13.4 Å². The molecule has 3 aromatic rings. The predicted molar refractivity (Wildman–Crippen MR) is 96.2 cm³/mol. The fraction of sp³-hybridized carbons (Fsp3) is 0.588. The molecule has 1 aliphatic carbocycles. The third-order valence-corrected chi connectivity index (χ3v) is 7.84. The molecule has 8 heteroatoms. The van der Waals surface area contributed by atoms with E-state index in [9.17, 15) is 8.42 Å². The fourth-order valence-electron chi connectivity index (χ4n) is 4.03. The van der Waals surface area contributed by atoms with Crippen LogP contribution in [0.3, 0.4) is 0 Å². The van der Waals surface area contributed by atoms with Crippen LogP contribution in [0.1, 0.15) is 45.4 Å². The summed E-state index contributed by atoms with van der Waals surface area (Å²) in [7, 11) is -3.02. The molecule has 0 bridgehead atoms. The molecule has 0 amide bonds. The summed E-state index contributed by atoms with van der Waals surface area (Å²) >= 11 is 0. The number of aromatic amines is 1. The van der Waals surface area contributed by atoms with Crippen LogP contribution in [0.5, 0.6) is 0 Å². The zero-order chi connectivity index (χ0) is 17.8. The largest absolute Gasteiger partial charge is 0.345 e. The number of hydrogen-bond donors (Lipinski definition) is 1. The van der Waals surface area contributed by atoms with Gasteiger partial charge in [-0.05, 0) is 44.6 Å². The second kappa shape index (κ2) is 5.79. The van der Waals surface area contributed by atoms with Gasteiger partial charge < -0.3 is 4.98 Å². The van der Waals surface area contributed by atoms with Crippen molar-refractivity contribution in [1.82, 2.24) is 24.6 Å². The average molecular weight is 361 g/mol. The molecule has 1 saturated carbocycles. The first-order valence-electron chi connectivity index (χ1n) is 8.75. The van der Waals surface area contributed by atoms with E-state index in [-0.39, 0.29) is 22.8 Å². The van der Waals surface area contributed by atoms with Gasteiger partial charge in [0.15, 0.2) is 21.1 Å². The Morgan fingerprint density at radius 2 is 2.12 bits per heavy atom. The van der Waals surface area contributed by atoms with Crippen LogP contribution >= 0.6 is 0 Å². The number of nitrogens with one attached hydrogen (secondary N) is 1. The van der Waals surface area contributed by atoms with Gasteiger partial charge in [0.1, 0.15) is 5.82 Å². The molecule has 4 rings (SSSR count). The Labute approximate surface area is 146 Å². The van der Waals surface area contributed by atoms with Gasteiger partial charge in [-0.15, -0.1) is 10.2 Å². The summed E-state index contributed by atoms with van der Waals surface area (Å²) < 4.78 is 26.6. The minimum Gasteiger partial charge on any atom is -0.345 e. The van der Waals surface area contributed by atoms with Crippen molar-refractivity contribution in [2.75, 3.05) is 5.75 Å². The topological polar surface area (TPSA) is 93.0 Å². The quantitative estimate of drug-likeness (QED) is 0.771. The highest BCUT2D eigenvalue weighted by molar-refractivity contribution is 7.91. The van der Waals surface area contributed by atoms with Gasteiger partial charge in [0.25, 0.3) is 0 Å². The first-order chi connectivity index (χ1) is 11.9. The van der Waals surface area contributed by atoms with E-state index in [0.29, 0.717) is 5.92 Å². The molecular formula is C17H23N5O2S. The van der Waals surface area contributed by atoms with Crippen LogP contribution in [0.2, 0.25) is 0 Å². The monoisotopic (exact) mass is 361 g/mol. The van der Waals surface area contributed by atoms with Crippen molar-refractivity contribution in [3.8, 4) is 0 Å². The number of nitrogens with zero attached hydrogens (tertiary/aromatic N) is 4. The Bertz CT molecular complexity index is 1020. The van der Waals surface area contributed by atoms with Crippen molar-refractivity contribution in [3.63, 3.8) is 0 Å². The third kappa shape index (κ3) is 2.72. The third-order valence-electron chi connectivity index (χ3n) is 5.46.